The topological polar surface area (TPSA) is 67.4 Å². The van der Waals surface area contributed by atoms with Gasteiger partial charge in [0.05, 0.1) is 19.3 Å². The molecule has 0 aliphatic rings. The van der Waals surface area contributed by atoms with E-state index in [0.717, 1.165) is 18.2 Å². The third-order valence-electron chi connectivity index (χ3n) is 13.8. The summed E-state index contributed by atoms with van der Waals surface area (Å²) in [4.78, 5) is 25.9. The number of hydrogen-bond acceptors (Lipinski definition) is 3. The molecule has 0 fully saturated rings. The smallest absolute Gasteiger partial charge is 0.444 e. The normalized spacial score (nSPS) is 15.1. The van der Waals surface area contributed by atoms with Crippen molar-refractivity contribution in [3.63, 3.8) is 0 Å². The van der Waals surface area contributed by atoms with Gasteiger partial charge in [-0.25, -0.2) is 4.79 Å². The summed E-state index contributed by atoms with van der Waals surface area (Å²) in [6.45, 7) is -1.64. The number of amides is 2. The van der Waals surface area contributed by atoms with Crippen LogP contribution in [0.2, 0.25) is 28.2 Å². The molecule has 0 aliphatic heterocycles. The van der Waals surface area contributed by atoms with E-state index in [4.69, 9.17) is 27.9 Å². The van der Waals surface area contributed by atoms with E-state index in [0.29, 0.717) is 10.6 Å². The lowest BCUT2D eigenvalue weighted by Gasteiger charge is -2.43. The summed E-state index contributed by atoms with van der Waals surface area (Å²) in [7, 11) is -7.32. The Labute approximate surface area is 507 Å². The summed E-state index contributed by atoms with van der Waals surface area (Å²) in [6, 6.07) is -2.13. The van der Waals surface area contributed by atoms with Crippen molar-refractivity contribution in [2.24, 2.45) is 0 Å². The minimum Gasteiger partial charge on any atom is -0.444 e. The van der Waals surface area contributed by atoms with Gasteiger partial charge in [0.2, 0.25) is 0 Å². The zero-order chi connectivity index (χ0) is 74.0. The Morgan fingerprint density at radius 2 is 0.670 bits per heavy atom. The molecule has 94 heavy (non-hydrogen) atoms. The van der Waals surface area contributed by atoms with E-state index in [1.54, 1.807) is 0 Å². The van der Waals surface area contributed by atoms with Gasteiger partial charge in [0.1, 0.15) is 6.61 Å². The van der Waals surface area contributed by atoms with Crippen LogP contribution >= 0.6 is 23.2 Å². The molecule has 5 nitrogen and oxygen atoms in total. The molecule has 3 aromatic carbocycles. The number of ether oxygens (including phenoxy) is 1. The second-order valence-electron chi connectivity index (χ2n) is 20.0. The molecule has 2 N–H and O–H groups in total. The molecule has 0 atom stereocenters. The lowest BCUT2D eigenvalue weighted by molar-refractivity contribution is -0.440. The SMILES string of the molecule is O=C(Nc1cc(Cl)ccc1C(=O)NCCc1ccc(Cl)cc1)OCc1ccc([Si](CCC(F)(F)C(F)(F)C(F)(F)C(F)(F)C(F)(F)C(F)(F)F)(CCC(F)(F)C(F)(F)C(F)(F)C(F)(F)C(F)(F)C(F)(F)F)CCC(F)(F)C(F)(F)C(F)(F)C(F)(F)C(F)(F)C(F)(F)F)cc1. The van der Waals surface area contributed by atoms with Gasteiger partial charge in [0.25, 0.3) is 5.91 Å². The third-order valence-corrected chi connectivity index (χ3v) is 19.4. The van der Waals surface area contributed by atoms with E-state index in [9.17, 15) is 128 Å². The molecule has 0 aliphatic carbocycles. The Balaban J connectivity index is 2.39. The molecule has 538 valence electrons. The van der Waals surface area contributed by atoms with Crippen molar-refractivity contribution in [3.05, 3.63) is 93.5 Å². The van der Waals surface area contributed by atoms with Crippen molar-refractivity contribution in [3.8, 4) is 0 Å². The predicted octanol–water partition coefficient (Wildman–Crippen LogP) is 19.8. The summed E-state index contributed by atoms with van der Waals surface area (Å²) in [5, 5.41) is 2.23. The number of hydrogen-bond donors (Lipinski definition) is 2. The first-order chi connectivity index (χ1) is 41.5. The van der Waals surface area contributed by atoms with Gasteiger partial charge in [0, 0.05) is 35.9 Å². The second-order valence-corrected chi connectivity index (χ2v) is 25.5. The Morgan fingerprint density at radius 3 is 0.989 bits per heavy atom. The number of rotatable bonds is 29. The molecular formula is C47H31Cl2F39N2O3Si. The van der Waals surface area contributed by atoms with Crippen LogP contribution in [0.25, 0.3) is 0 Å². The minimum absolute atomic E-state index is 0.00528. The van der Waals surface area contributed by atoms with E-state index in [1.807, 2.05) is 5.32 Å². The zero-order valence-corrected chi connectivity index (χ0v) is 46.9. The van der Waals surface area contributed by atoms with Crippen LogP contribution in [0.5, 0.6) is 0 Å². The first kappa shape index (κ1) is 82.7. The second kappa shape index (κ2) is 26.0. The standard InChI is InChI=1S/C47H31Cl2F39N2O3Si/c48-23-5-1-21(2-6-23)11-15-89-28(91)26-10-7-24(49)19-27(26)90-29(92)93-20-22-3-8-25(9-4-22)94(16-12-30(50,51)33(56,57)36(62,63)39(68,69)42(74,75)45(80,81)82,17-13-31(52,53)34(58,59)37(64,65)40(70,71)43(76,77)46(83,84)85)18-14-32(54,55)35(60,61)38(66,67)41(72,73)44(78,79)47(86,87)88/h1-10,19H,11-18,20H2,(H,89,91)(H,90,92). The molecule has 0 radical (unpaired) electrons. The van der Waals surface area contributed by atoms with Crippen molar-refractivity contribution in [1.29, 1.82) is 0 Å². The first-order valence-corrected chi connectivity index (χ1v) is 27.6. The maximum absolute atomic E-state index is 15.5. The minimum atomic E-state index is -8.98. The van der Waals surface area contributed by atoms with Crippen molar-refractivity contribution in [2.75, 3.05) is 11.9 Å². The summed E-state index contributed by atoms with van der Waals surface area (Å²) < 4.78 is 558. The number of carbonyl (C=O) groups excluding carboxylic acids is 2. The van der Waals surface area contributed by atoms with Crippen LogP contribution in [0, 0.1) is 0 Å². The molecule has 0 unspecified atom stereocenters. The van der Waals surface area contributed by atoms with Crippen molar-refractivity contribution in [2.45, 2.75) is 158 Å². The lowest BCUT2D eigenvalue weighted by Crippen LogP contribution is -2.70. The van der Waals surface area contributed by atoms with Crippen LogP contribution in [0.3, 0.4) is 0 Å². The Hall–Kier alpha value is -5.53. The quantitative estimate of drug-likeness (QED) is 0.0538. The van der Waals surface area contributed by atoms with Crippen LogP contribution in [-0.2, 0) is 17.8 Å². The van der Waals surface area contributed by atoms with Crippen LogP contribution < -0.4 is 15.8 Å². The average molecular weight is 1510 g/mol. The summed E-state index contributed by atoms with van der Waals surface area (Å²) in [5.74, 6) is -130. The first-order valence-electron chi connectivity index (χ1n) is 24.2. The fraction of sp³-hybridized carbons (Fsp3) is 0.574. The summed E-state index contributed by atoms with van der Waals surface area (Å²) >= 11 is 11.7. The van der Waals surface area contributed by atoms with E-state index in [1.165, 1.54) is 24.3 Å². The Morgan fingerprint density at radius 1 is 0.372 bits per heavy atom. The molecule has 2 amide bonds. The van der Waals surface area contributed by atoms with Gasteiger partial charge >= 0.3 is 113 Å². The van der Waals surface area contributed by atoms with E-state index in [2.05, 4.69) is 5.32 Å². The number of halogens is 41. The van der Waals surface area contributed by atoms with E-state index < -0.39 is 193 Å². The molecule has 0 heterocycles. The highest BCUT2D eigenvalue weighted by molar-refractivity contribution is 6.92. The molecule has 0 saturated carbocycles. The van der Waals surface area contributed by atoms with Gasteiger partial charge in [0.15, 0.2) is 0 Å². The number of benzene rings is 3. The van der Waals surface area contributed by atoms with Gasteiger partial charge < -0.3 is 10.1 Å². The van der Waals surface area contributed by atoms with Gasteiger partial charge in [-0.2, -0.15) is 171 Å². The third kappa shape index (κ3) is 14.5. The molecular weight excluding hydrogens is 1480 g/mol. The maximum Gasteiger partial charge on any atom is 0.460 e. The summed E-state index contributed by atoms with van der Waals surface area (Å²) in [5.41, 5.74) is -1.39. The molecule has 3 aromatic rings. The zero-order valence-electron chi connectivity index (χ0n) is 44.4. The van der Waals surface area contributed by atoms with Crippen LogP contribution in [0.15, 0.2) is 66.7 Å². The van der Waals surface area contributed by atoms with E-state index >= 15 is 52.7 Å². The number of anilines is 1. The monoisotopic (exact) mass is 1510 g/mol. The Kier molecular flexibility index (Phi) is 22.9. The fourth-order valence-corrected chi connectivity index (χ4v) is 13.2. The molecule has 0 spiro atoms. The van der Waals surface area contributed by atoms with Crippen molar-refractivity contribution >= 4 is 54.2 Å². The Bertz CT molecular complexity index is 2940. The van der Waals surface area contributed by atoms with Crippen LogP contribution in [0.1, 0.15) is 40.7 Å². The fourth-order valence-electron chi connectivity index (χ4n) is 8.01. The highest BCUT2D eigenvalue weighted by Crippen LogP contribution is 2.65. The van der Waals surface area contributed by atoms with Gasteiger partial charge in [-0.3, -0.25) is 10.1 Å². The predicted molar refractivity (Wildman–Crippen MR) is 245 cm³/mol. The van der Waals surface area contributed by atoms with Crippen molar-refractivity contribution < 1.29 is 186 Å². The molecule has 0 bridgehead atoms. The number of nitrogens with one attached hydrogen (secondary N) is 2. The average Bonchev–Trinajstić information content (AvgIpc) is 0.724. The number of alkyl halides is 39. The highest BCUT2D eigenvalue weighted by atomic mass is 35.5. The van der Waals surface area contributed by atoms with Crippen LogP contribution in [-0.4, -0.2) is 134 Å². The van der Waals surface area contributed by atoms with Gasteiger partial charge in [-0.1, -0.05) is 64.8 Å². The lowest BCUT2D eigenvalue weighted by atomic mass is 9.93. The largest absolute Gasteiger partial charge is 0.460 e. The molecule has 0 aromatic heterocycles. The van der Waals surface area contributed by atoms with Crippen LogP contribution in [0.4, 0.5) is 182 Å². The van der Waals surface area contributed by atoms with Crippen molar-refractivity contribution in [1.82, 2.24) is 5.32 Å². The van der Waals surface area contributed by atoms with Gasteiger partial charge in [-0.15, -0.1) is 0 Å². The molecule has 47 heteroatoms. The van der Waals surface area contributed by atoms with E-state index in [-0.39, 0.29) is 42.3 Å². The highest BCUT2D eigenvalue weighted by Gasteiger charge is 2.93. The summed E-state index contributed by atoms with van der Waals surface area (Å²) in [6.07, 6.45) is -38.8. The molecule has 3 rings (SSSR count). The maximum atomic E-state index is 15.5. The number of carbonyl (C=O) groups is 2. The van der Waals surface area contributed by atoms with Gasteiger partial charge in [-0.05, 0) is 66.0 Å². The molecule has 0 saturated heterocycles.